The number of hydrogen-bond donors (Lipinski definition) is 0. The highest BCUT2D eigenvalue weighted by Crippen LogP contribution is 2.62. The van der Waals surface area contributed by atoms with E-state index in [1.807, 2.05) is 90.4 Å². The number of esters is 8. The fraction of sp³-hybridized carbons (Fsp3) is 0.211. The Bertz CT molecular complexity index is 7930. The lowest BCUT2D eigenvalue weighted by atomic mass is 9.49. The van der Waals surface area contributed by atoms with E-state index in [-0.39, 0.29) is 46.3 Å². The average Bonchev–Trinajstić information content (AvgIpc) is 0.885. The van der Waals surface area contributed by atoms with Gasteiger partial charge in [-0.2, -0.15) is 35.1 Å². The van der Waals surface area contributed by atoms with E-state index in [1.54, 1.807) is 72.8 Å². The van der Waals surface area contributed by atoms with Crippen LogP contribution in [0.5, 0.6) is 46.0 Å². The molecule has 0 aliphatic heterocycles. The molecule has 8 fully saturated rings. The van der Waals surface area contributed by atoms with Crippen molar-refractivity contribution in [1.82, 2.24) is 0 Å². The molecule has 11 aromatic rings. The van der Waals surface area contributed by atoms with Crippen molar-refractivity contribution in [3.05, 3.63) is 292 Å². The Balaban J connectivity index is 0.000000148. The molecule has 0 amide bonds. The van der Waals surface area contributed by atoms with Gasteiger partial charge in [-0.3, -0.25) is 19.2 Å². The van der Waals surface area contributed by atoms with E-state index in [0.29, 0.717) is 94.4 Å². The zero-order chi connectivity index (χ0) is 108. The van der Waals surface area contributed by atoms with Crippen LogP contribution >= 0.6 is 90.4 Å². The molecule has 3 unspecified atom stereocenters. The molecule has 0 radical (unpaired) electrons. The maximum atomic E-state index is 14.4. The Kier molecular flexibility index (Phi) is 31.8. The minimum atomic E-state index is -5.95. The number of ketones is 1. The quantitative estimate of drug-likeness (QED) is 0.0171. The van der Waals surface area contributed by atoms with E-state index in [2.05, 4.69) is 18.9 Å². The van der Waals surface area contributed by atoms with Gasteiger partial charge in [0.25, 0.3) is 0 Å². The van der Waals surface area contributed by atoms with Crippen LogP contribution in [0.2, 0.25) is 0 Å². The third kappa shape index (κ3) is 22.3. The van der Waals surface area contributed by atoms with Crippen molar-refractivity contribution in [2.75, 3.05) is 0 Å². The summed E-state index contributed by atoms with van der Waals surface area (Å²) in [6, 6.07) is 33.5. The zero-order valence-electron chi connectivity index (χ0n) is 73.3. The van der Waals surface area contributed by atoms with Crippen LogP contribution < -0.4 is 37.9 Å². The van der Waals surface area contributed by atoms with E-state index >= 15 is 0 Å². The average molecular weight is 2600 g/mol. The van der Waals surface area contributed by atoms with Crippen LogP contribution in [0, 0.1) is 154 Å². The Hall–Kier alpha value is -11.7. The summed E-state index contributed by atoms with van der Waals surface area (Å²) in [5.41, 5.74) is -2.17. The summed E-state index contributed by atoms with van der Waals surface area (Å²) < 4.78 is 401. The van der Waals surface area contributed by atoms with Crippen LogP contribution in [0.1, 0.15) is 139 Å². The molecule has 11 aromatic carbocycles. The summed E-state index contributed by atoms with van der Waals surface area (Å²) in [6.45, 7) is 0. The van der Waals surface area contributed by atoms with E-state index in [9.17, 15) is 165 Å². The standard InChI is InChI=1S/C24H17F4IO8S.C24H19F4IO7S.C24H11F4IO7S.C23H11F4IO7S/c25-15-17(27)21(38(33,34)35)18(28)16(26)20(15)37-22(31)13-2-1-12(29)5-14(13)36-23(32)24-6-9-3-10(7-24)19(30)11(4-9)8-24;25-16-18(27)21(37(32,33)34)19(28)17(26)20(16)36-22(30)14-2-1-13(29)6-15(14)35-23(31)24-7-10-3-11(8-24)5-12(4-10)9-24;25-17-19(27)22(37(32,33)34)20(28)18(26)21(17)36-24(31)15-9-8-12(29)10-16(15)35-23(30)14-7-3-5-11-4-1-2-6-13(11)14;24-16-18(26)21(36(31,32)33)19(27)17(25)20(16)35-23(30)14-8-6-11(28)9-15(14)34-22(29)13-7-5-10-3-1-2-4-12(10)13/h1-2,5,9-11H,3-4,6-8H2,(H,33,34,35);1-2,6,10-12H,3-5,7-9H2,(H,32,33,34);1-10H,(H,32,33,34);1-9,13H,(H,31,32,33)/p-4. The maximum absolute atomic E-state index is 14.4. The Labute approximate surface area is 877 Å². The van der Waals surface area contributed by atoms with Crippen molar-refractivity contribution < 1.29 is 203 Å². The number of carbonyl (C=O) groups excluding carboxylic acids is 9. The third-order valence-electron chi connectivity index (χ3n) is 24.9. The van der Waals surface area contributed by atoms with Gasteiger partial charge in [0.05, 0.1) is 16.4 Å². The van der Waals surface area contributed by atoms with Gasteiger partial charge < -0.3 is 56.1 Å². The number of fused-ring (bicyclic) bond motifs is 2. The molecule has 53 heteroatoms. The second-order valence-electron chi connectivity index (χ2n) is 34.4. The summed E-state index contributed by atoms with van der Waals surface area (Å²) in [7, 11) is -23.8. The third-order valence-corrected chi connectivity index (χ3v) is 31.1. The zero-order valence-corrected chi connectivity index (χ0v) is 85.2. The smallest absolute Gasteiger partial charge is 0.347 e. The Morgan fingerprint density at radius 2 is 0.581 bits per heavy atom. The van der Waals surface area contributed by atoms with Gasteiger partial charge in [-0.15, -0.1) is 0 Å². The summed E-state index contributed by atoms with van der Waals surface area (Å²) in [6.07, 6.45) is 11.1. The molecule has 148 heavy (non-hydrogen) atoms. The van der Waals surface area contributed by atoms with Crippen molar-refractivity contribution in [1.29, 1.82) is 0 Å². The van der Waals surface area contributed by atoms with Crippen molar-refractivity contribution in [2.24, 2.45) is 46.3 Å². The number of rotatable bonds is 20. The predicted molar refractivity (Wildman–Crippen MR) is 499 cm³/mol. The summed E-state index contributed by atoms with van der Waals surface area (Å²) in [5, 5.41) is 1.26. The summed E-state index contributed by atoms with van der Waals surface area (Å²) in [5.74, 6) is -57.8. The fourth-order valence-electron chi connectivity index (χ4n) is 19.1. The Morgan fingerprint density at radius 3 is 0.912 bits per heavy atom. The number of hydrogen-bond acceptors (Lipinski definition) is 29. The molecule has 0 N–H and O–H groups in total. The van der Waals surface area contributed by atoms with Gasteiger partial charge in [0.1, 0.15) is 117 Å². The minimum absolute atomic E-state index is 0.131. The first kappa shape index (κ1) is 110. The SMILES string of the molecule is O=C(Oc1c(F)c(F)c(S(=O)(=O)[O-])c(F)c1F)c1ccc(I)cc1OC(=O)C12CC3CC(C1)C(=O)C(C3)C2.O=C(Oc1c(F)c(F)c(S(=O)(=O)[O-])c(F)c1F)c1ccc(I)cc1OC(=O)C12CC3CC(CC(C3)C1)C2.O=C(Oc1c(F)c(F)c(S(=O)(=O)[O-])c(F)c1F)c1ccc(I)cc1OC(=O)C1C=Cc2ccccc21.O=C(Oc1c(F)c(F)c(S(=O)(=O)[O-])c(F)c1F)c1ccc(I)cc1OC(=O)c1cccc2ccccc12. The van der Waals surface area contributed by atoms with E-state index < -0.39 is 269 Å². The lowest BCUT2D eigenvalue weighted by Crippen LogP contribution is -2.55. The minimum Gasteiger partial charge on any atom is -0.744 e. The lowest BCUT2D eigenvalue weighted by Gasteiger charge is -2.55. The van der Waals surface area contributed by atoms with Crippen LogP contribution in [0.15, 0.2) is 165 Å². The number of carbonyl (C=O) groups is 9. The molecule has 29 nitrogen and oxygen atoms in total. The monoisotopic (exact) mass is 2600 g/mol. The second kappa shape index (κ2) is 42.6. The number of ether oxygens (including phenoxy) is 8. The molecule has 0 aromatic heterocycles. The molecule has 0 spiro atoms. The van der Waals surface area contributed by atoms with Gasteiger partial charge in [0.2, 0.25) is 69.5 Å². The first-order valence-corrected chi connectivity index (χ1v) is 52.3. The Morgan fingerprint density at radius 1 is 0.304 bits per heavy atom. The number of Topliss-reactive ketones (excluding diaryl/α,β-unsaturated/α-hetero) is 1. The normalized spacial score (nSPS) is 19.6. The van der Waals surface area contributed by atoms with Crippen molar-refractivity contribution in [3.8, 4) is 46.0 Å². The number of benzene rings is 11. The van der Waals surface area contributed by atoms with Crippen LogP contribution in [0.3, 0.4) is 0 Å². The van der Waals surface area contributed by atoms with Gasteiger partial charge in [-0.25, -0.2) is 92.8 Å². The van der Waals surface area contributed by atoms with Crippen LogP contribution in [-0.4, -0.2) is 105 Å². The predicted octanol–water partition coefficient (Wildman–Crippen LogP) is 19.4. The molecule has 0 saturated heterocycles. The van der Waals surface area contributed by atoms with Crippen molar-refractivity contribution >= 4 is 201 Å². The summed E-state index contributed by atoms with van der Waals surface area (Å²) >= 11 is 7.39. The van der Waals surface area contributed by atoms with Crippen LogP contribution in [-0.2, 0) is 59.7 Å². The molecule has 8 bridgehead atoms. The molecule has 0 heterocycles. The van der Waals surface area contributed by atoms with Gasteiger partial charge in [0.15, 0.2) is 46.5 Å². The van der Waals surface area contributed by atoms with Gasteiger partial charge in [-0.05, 0) is 285 Å². The van der Waals surface area contributed by atoms with Gasteiger partial charge in [0, 0.05) is 26.1 Å². The molecule has 3 atom stereocenters. The van der Waals surface area contributed by atoms with E-state index in [1.165, 1.54) is 54.6 Å². The van der Waals surface area contributed by atoms with Crippen LogP contribution in [0.25, 0.3) is 16.8 Å². The largest absolute Gasteiger partial charge is 0.744 e. The fourth-order valence-corrected chi connectivity index (χ4v) is 23.5. The molecule has 20 rings (SSSR count). The maximum Gasteiger partial charge on any atom is 0.347 e. The molecule has 9 aliphatic rings. The van der Waals surface area contributed by atoms with Crippen molar-refractivity contribution in [2.45, 2.75) is 96.1 Å². The van der Waals surface area contributed by atoms with Crippen molar-refractivity contribution in [3.63, 3.8) is 0 Å². The molecular formula is C95H54F16I4O29S4-4. The highest BCUT2D eigenvalue weighted by molar-refractivity contribution is 14.1. The molecule has 9 aliphatic carbocycles. The second-order valence-corrected chi connectivity index (χ2v) is 44.6. The molecule has 8 saturated carbocycles. The molecular weight excluding hydrogens is 2540 g/mol. The first-order valence-electron chi connectivity index (χ1n) is 42.3. The van der Waals surface area contributed by atoms with Gasteiger partial charge in [-0.1, -0.05) is 72.8 Å². The van der Waals surface area contributed by atoms with E-state index in [0.717, 1.165) is 54.5 Å². The lowest BCUT2D eigenvalue weighted by molar-refractivity contribution is -0.167. The van der Waals surface area contributed by atoms with E-state index in [4.69, 9.17) is 18.9 Å². The molecule has 776 valence electrons. The topological polar surface area (TPSA) is 456 Å². The van der Waals surface area contributed by atoms with Gasteiger partial charge >= 0.3 is 47.8 Å². The number of halogens is 20. The first-order chi connectivity index (χ1) is 69.3. The summed E-state index contributed by atoms with van der Waals surface area (Å²) in [4.78, 5) is 106. The van der Waals surface area contributed by atoms with Crippen LogP contribution in [0.4, 0.5) is 70.2 Å². The highest BCUT2D eigenvalue weighted by Gasteiger charge is 2.60. The highest BCUT2D eigenvalue weighted by atomic mass is 127.